The van der Waals surface area contributed by atoms with E-state index in [-0.39, 0.29) is 17.7 Å². The van der Waals surface area contributed by atoms with Crippen LogP contribution in [0.5, 0.6) is 0 Å². The van der Waals surface area contributed by atoms with Gasteiger partial charge in [0.15, 0.2) is 0 Å². The van der Waals surface area contributed by atoms with E-state index in [1.165, 1.54) is 0 Å². The molecule has 0 aliphatic rings. The smallest absolute Gasteiger partial charge is 0.319 e. The Balaban J connectivity index is 1.89. The van der Waals surface area contributed by atoms with Crippen molar-refractivity contribution in [2.75, 3.05) is 12.4 Å². The lowest BCUT2D eigenvalue weighted by Crippen LogP contribution is -2.40. The lowest BCUT2D eigenvalue weighted by Gasteiger charge is -2.27. The molecule has 0 unspecified atom stereocenters. The van der Waals surface area contributed by atoms with Crippen molar-refractivity contribution in [3.8, 4) is 0 Å². The van der Waals surface area contributed by atoms with Crippen LogP contribution in [-0.4, -0.2) is 34.6 Å². The van der Waals surface area contributed by atoms with E-state index in [0.29, 0.717) is 6.54 Å². The zero-order valence-corrected chi connectivity index (χ0v) is 14.7. The molecule has 0 fully saturated rings. The first-order valence-corrected chi connectivity index (χ1v) is 8.07. The predicted octanol–water partition coefficient (Wildman–Crippen LogP) is 3.26. The fraction of sp³-hybridized carbons (Fsp3) is 0.444. The zero-order chi connectivity index (χ0) is 17.6. The molecule has 2 aromatic rings. The number of aromatic nitrogens is 2. The Morgan fingerprint density at radius 1 is 1.38 bits per heavy atom. The van der Waals surface area contributed by atoms with Crippen molar-refractivity contribution in [3.05, 3.63) is 48.3 Å². The van der Waals surface area contributed by atoms with Gasteiger partial charge in [0.05, 0.1) is 12.1 Å². The lowest BCUT2D eigenvalue weighted by atomic mass is 10.00. The number of nitrogens with one attached hydrogen (secondary N) is 2. The molecule has 0 radical (unpaired) electrons. The third-order valence-corrected chi connectivity index (χ3v) is 3.82. The Bertz CT molecular complexity index is 653. The third kappa shape index (κ3) is 5.70. The Labute approximate surface area is 143 Å². The summed E-state index contributed by atoms with van der Waals surface area (Å²) in [6.45, 7) is 6.64. The van der Waals surface area contributed by atoms with Crippen LogP contribution in [0.3, 0.4) is 0 Å². The summed E-state index contributed by atoms with van der Waals surface area (Å²) in [7, 11) is 1.68. The van der Waals surface area contributed by atoms with Gasteiger partial charge in [-0.3, -0.25) is 4.68 Å². The average Bonchev–Trinajstić information content (AvgIpc) is 2.99. The maximum Gasteiger partial charge on any atom is 0.319 e. The zero-order valence-electron chi connectivity index (χ0n) is 14.7. The number of urea groups is 1. The van der Waals surface area contributed by atoms with Crippen molar-refractivity contribution in [1.82, 2.24) is 15.1 Å². The maximum absolute atomic E-state index is 12.1. The highest BCUT2D eigenvalue weighted by molar-refractivity contribution is 5.89. The first-order valence-electron chi connectivity index (χ1n) is 8.07. The predicted molar refractivity (Wildman–Crippen MR) is 95.1 cm³/mol. The van der Waals surface area contributed by atoms with Gasteiger partial charge < -0.3 is 15.4 Å². The Kier molecular flexibility index (Phi) is 5.98. The summed E-state index contributed by atoms with van der Waals surface area (Å²) >= 11 is 0. The molecule has 24 heavy (non-hydrogen) atoms. The number of hydrogen-bond acceptors (Lipinski definition) is 3. The SMILES string of the molecule is COC(C)(C)C[C@H](C)NC(=O)Nc1cccc(Cn2cccn2)c1. The number of rotatable bonds is 7. The second-order valence-electron chi connectivity index (χ2n) is 6.57. The molecular formula is C18H26N4O2. The normalized spacial score (nSPS) is 12.7. The first-order chi connectivity index (χ1) is 11.4. The Morgan fingerprint density at radius 3 is 2.83 bits per heavy atom. The van der Waals surface area contributed by atoms with Gasteiger partial charge in [0.2, 0.25) is 0 Å². The fourth-order valence-electron chi connectivity index (χ4n) is 2.59. The van der Waals surface area contributed by atoms with E-state index in [4.69, 9.17) is 4.74 Å². The topological polar surface area (TPSA) is 68.2 Å². The molecule has 6 nitrogen and oxygen atoms in total. The largest absolute Gasteiger partial charge is 0.379 e. The van der Waals surface area contributed by atoms with Crippen LogP contribution in [0.15, 0.2) is 42.7 Å². The molecule has 6 heteroatoms. The van der Waals surface area contributed by atoms with Gasteiger partial charge >= 0.3 is 6.03 Å². The number of methoxy groups -OCH3 is 1. The van der Waals surface area contributed by atoms with Crippen molar-refractivity contribution < 1.29 is 9.53 Å². The summed E-state index contributed by atoms with van der Waals surface area (Å²) in [5, 5.41) is 10.0. The highest BCUT2D eigenvalue weighted by atomic mass is 16.5. The van der Waals surface area contributed by atoms with Gasteiger partial charge in [-0.05, 0) is 51.0 Å². The van der Waals surface area contributed by atoms with E-state index < -0.39 is 0 Å². The molecule has 1 atom stereocenters. The number of carbonyl (C=O) groups is 1. The number of nitrogens with zero attached hydrogens (tertiary/aromatic N) is 2. The fourth-order valence-corrected chi connectivity index (χ4v) is 2.59. The minimum Gasteiger partial charge on any atom is -0.379 e. The van der Waals surface area contributed by atoms with Gasteiger partial charge in [0, 0.05) is 31.2 Å². The summed E-state index contributed by atoms with van der Waals surface area (Å²) in [5.41, 5.74) is 1.57. The lowest BCUT2D eigenvalue weighted by molar-refractivity contribution is 0.00963. The molecule has 0 spiro atoms. The molecule has 0 saturated heterocycles. The molecule has 130 valence electrons. The van der Waals surface area contributed by atoms with E-state index in [0.717, 1.165) is 17.7 Å². The van der Waals surface area contributed by atoms with E-state index in [1.54, 1.807) is 13.3 Å². The molecular weight excluding hydrogens is 304 g/mol. The van der Waals surface area contributed by atoms with Crippen LogP contribution >= 0.6 is 0 Å². The molecule has 0 aliphatic carbocycles. The highest BCUT2D eigenvalue weighted by Gasteiger charge is 2.21. The number of ether oxygens (including phenoxy) is 1. The van der Waals surface area contributed by atoms with Crippen LogP contribution in [0.2, 0.25) is 0 Å². The van der Waals surface area contributed by atoms with E-state index in [9.17, 15) is 4.79 Å². The summed E-state index contributed by atoms with van der Waals surface area (Å²) in [4.78, 5) is 12.1. The molecule has 2 rings (SSSR count). The van der Waals surface area contributed by atoms with Crippen molar-refractivity contribution in [2.45, 2.75) is 45.4 Å². The van der Waals surface area contributed by atoms with Crippen LogP contribution in [0.4, 0.5) is 10.5 Å². The van der Waals surface area contributed by atoms with E-state index in [1.807, 2.05) is 62.0 Å². The van der Waals surface area contributed by atoms with E-state index >= 15 is 0 Å². The summed E-state index contributed by atoms with van der Waals surface area (Å²) in [6, 6.07) is 9.43. The van der Waals surface area contributed by atoms with Gasteiger partial charge in [-0.2, -0.15) is 5.10 Å². The molecule has 0 aliphatic heterocycles. The maximum atomic E-state index is 12.1. The van der Waals surface area contributed by atoms with Crippen LogP contribution in [-0.2, 0) is 11.3 Å². The van der Waals surface area contributed by atoms with Gasteiger partial charge in [0.1, 0.15) is 0 Å². The quantitative estimate of drug-likeness (QED) is 0.819. The van der Waals surface area contributed by atoms with Gasteiger partial charge in [-0.15, -0.1) is 0 Å². The summed E-state index contributed by atoms with van der Waals surface area (Å²) in [5.74, 6) is 0. The number of amides is 2. The summed E-state index contributed by atoms with van der Waals surface area (Å²) < 4.78 is 7.24. The van der Waals surface area contributed by atoms with Gasteiger partial charge in [-0.25, -0.2) is 4.79 Å². The molecule has 2 N–H and O–H groups in total. The van der Waals surface area contributed by atoms with Gasteiger partial charge in [0.25, 0.3) is 0 Å². The number of hydrogen-bond donors (Lipinski definition) is 2. The van der Waals surface area contributed by atoms with Crippen molar-refractivity contribution in [1.29, 1.82) is 0 Å². The highest BCUT2D eigenvalue weighted by Crippen LogP contribution is 2.16. The van der Waals surface area contributed by atoms with Crippen LogP contribution in [0.1, 0.15) is 32.8 Å². The number of anilines is 1. The standard InChI is InChI=1S/C18H26N4O2/c1-14(12-18(2,3)24-4)20-17(23)21-16-8-5-7-15(11-16)13-22-10-6-9-19-22/h5-11,14H,12-13H2,1-4H3,(H2,20,21,23)/t14-/m0/s1. The van der Waals surface area contributed by atoms with Crippen molar-refractivity contribution >= 4 is 11.7 Å². The third-order valence-electron chi connectivity index (χ3n) is 3.82. The summed E-state index contributed by atoms with van der Waals surface area (Å²) in [6.07, 6.45) is 4.39. The molecule has 0 saturated carbocycles. The van der Waals surface area contributed by atoms with Gasteiger partial charge in [-0.1, -0.05) is 12.1 Å². The van der Waals surface area contributed by atoms with E-state index in [2.05, 4.69) is 15.7 Å². The Morgan fingerprint density at radius 2 is 2.17 bits per heavy atom. The molecule has 1 aromatic heterocycles. The minimum atomic E-state index is -0.267. The Hall–Kier alpha value is -2.34. The monoisotopic (exact) mass is 330 g/mol. The minimum absolute atomic E-state index is 0.00667. The van der Waals surface area contributed by atoms with Crippen LogP contribution < -0.4 is 10.6 Å². The average molecular weight is 330 g/mol. The second-order valence-corrected chi connectivity index (χ2v) is 6.57. The van der Waals surface area contributed by atoms with Crippen molar-refractivity contribution in [2.24, 2.45) is 0 Å². The second kappa shape index (κ2) is 7.97. The number of carbonyl (C=O) groups excluding carboxylic acids is 1. The van der Waals surface area contributed by atoms with Crippen LogP contribution in [0.25, 0.3) is 0 Å². The molecule has 0 bridgehead atoms. The van der Waals surface area contributed by atoms with Crippen LogP contribution in [0, 0.1) is 0 Å². The van der Waals surface area contributed by atoms with Crippen molar-refractivity contribution in [3.63, 3.8) is 0 Å². The molecule has 2 amide bonds. The molecule has 1 heterocycles. The molecule has 1 aromatic carbocycles. The number of benzene rings is 1. The first kappa shape index (κ1) is 18.0.